The summed E-state index contributed by atoms with van der Waals surface area (Å²) >= 11 is 0. The first kappa shape index (κ1) is 13.4. The molecular formula is C9H20N2O3. The second kappa shape index (κ2) is 8.93. The zero-order chi connectivity index (χ0) is 10.8. The van der Waals surface area contributed by atoms with Gasteiger partial charge in [-0.1, -0.05) is 0 Å². The van der Waals surface area contributed by atoms with Crippen molar-refractivity contribution in [1.82, 2.24) is 5.32 Å². The maximum atomic E-state index is 11.3. The molecule has 0 aromatic carbocycles. The minimum Gasteiger partial charge on any atom is -0.385 e. The van der Waals surface area contributed by atoms with Gasteiger partial charge in [-0.2, -0.15) is 0 Å². The molecule has 0 fully saturated rings. The standard InChI is InChI=1S/C9H20N2O3/c1-13-6-4-3-5-11-9(12)8(7-10)14-2/h8H,3-7,10H2,1-2H3,(H,11,12). The molecular weight excluding hydrogens is 184 g/mol. The monoisotopic (exact) mass is 204 g/mol. The molecule has 84 valence electrons. The third-order valence-corrected chi connectivity index (χ3v) is 1.87. The summed E-state index contributed by atoms with van der Waals surface area (Å²) < 4.78 is 9.76. The summed E-state index contributed by atoms with van der Waals surface area (Å²) in [5, 5.41) is 2.74. The summed E-state index contributed by atoms with van der Waals surface area (Å²) in [5.74, 6) is -0.146. The first-order chi connectivity index (χ1) is 6.76. The molecule has 1 atom stereocenters. The Balaban J connectivity index is 3.43. The van der Waals surface area contributed by atoms with Crippen LogP contribution in [0.3, 0.4) is 0 Å². The largest absolute Gasteiger partial charge is 0.385 e. The van der Waals surface area contributed by atoms with Gasteiger partial charge in [-0.25, -0.2) is 0 Å². The number of hydrogen-bond donors (Lipinski definition) is 2. The number of nitrogens with one attached hydrogen (secondary N) is 1. The Morgan fingerprint density at radius 1 is 1.43 bits per heavy atom. The lowest BCUT2D eigenvalue weighted by atomic mass is 10.3. The van der Waals surface area contributed by atoms with Gasteiger partial charge < -0.3 is 20.5 Å². The quantitative estimate of drug-likeness (QED) is 0.523. The van der Waals surface area contributed by atoms with Gasteiger partial charge in [-0.05, 0) is 12.8 Å². The van der Waals surface area contributed by atoms with Crippen LogP contribution >= 0.6 is 0 Å². The molecule has 0 aliphatic carbocycles. The molecule has 0 spiro atoms. The van der Waals surface area contributed by atoms with Crippen molar-refractivity contribution in [2.24, 2.45) is 5.73 Å². The molecule has 0 aliphatic heterocycles. The molecule has 0 radical (unpaired) electrons. The van der Waals surface area contributed by atoms with E-state index in [0.29, 0.717) is 6.54 Å². The van der Waals surface area contributed by atoms with Crippen molar-refractivity contribution in [1.29, 1.82) is 0 Å². The van der Waals surface area contributed by atoms with Crippen LogP contribution in [-0.4, -0.2) is 45.9 Å². The average molecular weight is 204 g/mol. The first-order valence-corrected chi connectivity index (χ1v) is 4.75. The van der Waals surface area contributed by atoms with E-state index >= 15 is 0 Å². The Bertz CT molecular complexity index is 149. The van der Waals surface area contributed by atoms with E-state index in [0.717, 1.165) is 19.4 Å². The van der Waals surface area contributed by atoms with Gasteiger partial charge in [-0.15, -0.1) is 0 Å². The van der Waals surface area contributed by atoms with Crippen LogP contribution in [0.5, 0.6) is 0 Å². The molecule has 5 heteroatoms. The molecule has 0 aromatic rings. The smallest absolute Gasteiger partial charge is 0.250 e. The van der Waals surface area contributed by atoms with Crippen molar-refractivity contribution in [3.05, 3.63) is 0 Å². The minimum absolute atomic E-state index is 0.146. The molecule has 14 heavy (non-hydrogen) atoms. The molecule has 1 unspecified atom stereocenters. The van der Waals surface area contributed by atoms with Crippen LogP contribution in [-0.2, 0) is 14.3 Å². The van der Waals surface area contributed by atoms with E-state index in [2.05, 4.69) is 5.32 Å². The van der Waals surface area contributed by atoms with Gasteiger partial charge in [0.15, 0.2) is 0 Å². The van der Waals surface area contributed by atoms with E-state index in [1.54, 1.807) is 7.11 Å². The Labute approximate surface area is 84.9 Å². The SMILES string of the molecule is COCCCCNC(=O)C(CN)OC. The lowest BCUT2D eigenvalue weighted by Crippen LogP contribution is -2.40. The highest BCUT2D eigenvalue weighted by atomic mass is 16.5. The first-order valence-electron chi connectivity index (χ1n) is 4.75. The molecule has 0 rings (SSSR count). The fraction of sp³-hybridized carbons (Fsp3) is 0.889. The molecule has 0 saturated heterocycles. The number of methoxy groups -OCH3 is 2. The van der Waals surface area contributed by atoms with Crippen LogP contribution in [0.2, 0.25) is 0 Å². The summed E-state index contributed by atoms with van der Waals surface area (Å²) in [7, 11) is 3.13. The summed E-state index contributed by atoms with van der Waals surface area (Å²) in [5.41, 5.74) is 5.33. The zero-order valence-corrected chi connectivity index (χ0v) is 8.91. The summed E-state index contributed by atoms with van der Waals surface area (Å²) in [6, 6.07) is 0. The predicted octanol–water partition coefficient (Wildman–Crippen LogP) is -0.497. The maximum Gasteiger partial charge on any atom is 0.250 e. The average Bonchev–Trinajstić information content (AvgIpc) is 2.19. The molecule has 0 aromatic heterocycles. The molecule has 0 bridgehead atoms. The number of amides is 1. The van der Waals surface area contributed by atoms with Crippen LogP contribution in [0.15, 0.2) is 0 Å². The topological polar surface area (TPSA) is 73.6 Å². The summed E-state index contributed by atoms with van der Waals surface area (Å²) in [6.07, 6.45) is 1.31. The number of nitrogens with two attached hydrogens (primary N) is 1. The number of ether oxygens (including phenoxy) is 2. The van der Waals surface area contributed by atoms with Crippen molar-refractivity contribution in [3.8, 4) is 0 Å². The summed E-state index contributed by atoms with van der Waals surface area (Å²) in [6.45, 7) is 1.57. The van der Waals surface area contributed by atoms with Crippen molar-refractivity contribution in [2.75, 3.05) is 33.9 Å². The second-order valence-electron chi connectivity index (χ2n) is 2.95. The number of unbranched alkanes of at least 4 members (excludes halogenated alkanes) is 1. The maximum absolute atomic E-state index is 11.3. The van der Waals surface area contributed by atoms with E-state index in [9.17, 15) is 4.79 Å². The zero-order valence-electron chi connectivity index (χ0n) is 8.91. The van der Waals surface area contributed by atoms with Gasteiger partial charge in [0.25, 0.3) is 0 Å². The van der Waals surface area contributed by atoms with Gasteiger partial charge in [0, 0.05) is 33.9 Å². The lowest BCUT2D eigenvalue weighted by Gasteiger charge is -2.12. The highest BCUT2D eigenvalue weighted by Crippen LogP contribution is 1.90. The fourth-order valence-electron chi connectivity index (χ4n) is 1.01. The fourth-order valence-corrected chi connectivity index (χ4v) is 1.01. The Morgan fingerprint density at radius 3 is 2.64 bits per heavy atom. The summed E-state index contributed by atoms with van der Waals surface area (Å²) in [4.78, 5) is 11.3. The van der Waals surface area contributed by atoms with Crippen LogP contribution in [0.25, 0.3) is 0 Å². The highest BCUT2D eigenvalue weighted by Gasteiger charge is 2.14. The van der Waals surface area contributed by atoms with Gasteiger partial charge >= 0.3 is 0 Å². The van der Waals surface area contributed by atoms with Crippen LogP contribution in [0.4, 0.5) is 0 Å². The number of hydrogen-bond acceptors (Lipinski definition) is 4. The van der Waals surface area contributed by atoms with Gasteiger partial charge in [0.1, 0.15) is 6.10 Å². The highest BCUT2D eigenvalue weighted by molar-refractivity contribution is 5.80. The molecule has 5 nitrogen and oxygen atoms in total. The van der Waals surface area contributed by atoms with Crippen LogP contribution < -0.4 is 11.1 Å². The van der Waals surface area contributed by atoms with Crippen molar-refractivity contribution in [2.45, 2.75) is 18.9 Å². The Kier molecular flexibility index (Phi) is 8.51. The van der Waals surface area contributed by atoms with E-state index < -0.39 is 6.10 Å². The van der Waals surface area contributed by atoms with Crippen molar-refractivity contribution < 1.29 is 14.3 Å². The van der Waals surface area contributed by atoms with Crippen molar-refractivity contribution in [3.63, 3.8) is 0 Å². The number of carbonyl (C=O) groups excluding carboxylic acids is 1. The van der Waals surface area contributed by atoms with E-state index in [1.807, 2.05) is 0 Å². The molecule has 0 aliphatic rings. The Morgan fingerprint density at radius 2 is 2.14 bits per heavy atom. The lowest BCUT2D eigenvalue weighted by molar-refractivity contribution is -0.130. The van der Waals surface area contributed by atoms with E-state index in [1.165, 1.54) is 7.11 Å². The molecule has 0 saturated carbocycles. The van der Waals surface area contributed by atoms with Crippen molar-refractivity contribution >= 4 is 5.91 Å². The van der Waals surface area contributed by atoms with Gasteiger partial charge in [0.05, 0.1) is 0 Å². The van der Waals surface area contributed by atoms with E-state index in [4.69, 9.17) is 15.2 Å². The Hall–Kier alpha value is -0.650. The molecule has 1 amide bonds. The molecule has 0 heterocycles. The van der Waals surface area contributed by atoms with E-state index in [-0.39, 0.29) is 12.5 Å². The minimum atomic E-state index is -0.530. The molecule has 3 N–H and O–H groups in total. The number of rotatable bonds is 8. The third kappa shape index (κ3) is 5.90. The second-order valence-corrected chi connectivity index (χ2v) is 2.95. The normalized spacial score (nSPS) is 12.5. The van der Waals surface area contributed by atoms with Gasteiger partial charge in [0.2, 0.25) is 5.91 Å². The third-order valence-electron chi connectivity index (χ3n) is 1.87. The van der Waals surface area contributed by atoms with Gasteiger partial charge in [-0.3, -0.25) is 4.79 Å². The van der Waals surface area contributed by atoms with Crippen LogP contribution in [0, 0.1) is 0 Å². The van der Waals surface area contributed by atoms with Crippen LogP contribution in [0.1, 0.15) is 12.8 Å². The number of carbonyl (C=O) groups is 1. The predicted molar refractivity (Wildman–Crippen MR) is 54.0 cm³/mol.